The molecule has 1 heterocycles. The monoisotopic (exact) mass is 299 g/mol. The largest absolute Gasteiger partial charge is 0.326 e. The highest BCUT2D eigenvalue weighted by Crippen LogP contribution is 2.14. The van der Waals surface area contributed by atoms with Gasteiger partial charge in [0.05, 0.1) is 18.2 Å². The van der Waals surface area contributed by atoms with Crippen molar-refractivity contribution >= 4 is 17.4 Å². The van der Waals surface area contributed by atoms with Gasteiger partial charge >= 0.3 is 0 Å². The molecule has 1 aromatic heterocycles. The Morgan fingerprint density at radius 3 is 2.59 bits per heavy atom. The van der Waals surface area contributed by atoms with Gasteiger partial charge in [-0.1, -0.05) is 19.1 Å². The average Bonchev–Trinajstić information content (AvgIpc) is 2.77. The van der Waals surface area contributed by atoms with Gasteiger partial charge in [-0.2, -0.15) is 5.10 Å². The third kappa shape index (κ3) is 3.81. The normalized spacial score (nSPS) is 12.0. The molecule has 2 rings (SSSR count). The van der Waals surface area contributed by atoms with Crippen LogP contribution in [0.2, 0.25) is 0 Å². The standard InChI is InChI=1S/C17H21N3O2/c1-11(10-20-13(3)8-12(2)19-20)17(22)18-16-7-5-6-15(9-16)14(4)21/h5-9,11H,10H2,1-4H3,(H,18,22)/t11-/m1/s1. The molecule has 5 nitrogen and oxygen atoms in total. The van der Waals surface area contributed by atoms with E-state index in [1.807, 2.05) is 31.5 Å². The van der Waals surface area contributed by atoms with Crippen molar-refractivity contribution < 1.29 is 9.59 Å². The van der Waals surface area contributed by atoms with Crippen LogP contribution >= 0.6 is 0 Å². The number of benzene rings is 1. The van der Waals surface area contributed by atoms with Crippen molar-refractivity contribution in [1.82, 2.24) is 9.78 Å². The number of amides is 1. The Labute approximate surface area is 130 Å². The second-order valence-corrected chi connectivity index (χ2v) is 5.64. The Kier molecular flexibility index (Phi) is 4.75. The van der Waals surface area contributed by atoms with Gasteiger partial charge in [0.2, 0.25) is 5.91 Å². The summed E-state index contributed by atoms with van der Waals surface area (Å²) in [6.45, 7) is 7.80. The Morgan fingerprint density at radius 1 is 1.27 bits per heavy atom. The minimum Gasteiger partial charge on any atom is -0.326 e. The predicted octanol–water partition coefficient (Wildman–Crippen LogP) is 2.98. The van der Waals surface area contributed by atoms with Gasteiger partial charge < -0.3 is 5.32 Å². The third-order valence-corrected chi connectivity index (χ3v) is 3.53. The number of ketones is 1. The Hall–Kier alpha value is -2.43. The molecule has 0 spiro atoms. The topological polar surface area (TPSA) is 64.0 Å². The number of nitrogens with zero attached hydrogens (tertiary/aromatic N) is 2. The molecule has 0 bridgehead atoms. The first-order valence-corrected chi connectivity index (χ1v) is 7.29. The van der Waals surface area contributed by atoms with Crippen LogP contribution in [0.5, 0.6) is 0 Å². The minimum atomic E-state index is -0.223. The molecule has 1 atom stereocenters. The number of Topliss-reactive ketones (excluding diaryl/α,β-unsaturated/α-hetero) is 1. The van der Waals surface area contributed by atoms with E-state index in [4.69, 9.17) is 0 Å². The zero-order chi connectivity index (χ0) is 16.3. The average molecular weight is 299 g/mol. The fraction of sp³-hybridized carbons (Fsp3) is 0.353. The van der Waals surface area contributed by atoms with E-state index >= 15 is 0 Å². The van der Waals surface area contributed by atoms with E-state index in [9.17, 15) is 9.59 Å². The van der Waals surface area contributed by atoms with E-state index in [1.54, 1.807) is 24.3 Å². The molecule has 0 unspecified atom stereocenters. The molecule has 1 N–H and O–H groups in total. The van der Waals surface area contributed by atoms with Crippen molar-refractivity contribution in [3.63, 3.8) is 0 Å². The Balaban J connectivity index is 2.04. The van der Waals surface area contributed by atoms with Crippen molar-refractivity contribution in [2.75, 3.05) is 5.32 Å². The molecule has 5 heteroatoms. The fourth-order valence-corrected chi connectivity index (χ4v) is 2.28. The molecule has 0 aliphatic rings. The first-order chi connectivity index (χ1) is 10.4. The number of aryl methyl sites for hydroxylation is 2. The molecule has 0 saturated heterocycles. The third-order valence-electron chi connectivity index (χ3n) is 3.53. The summed E-state index contributed by atoms with van der Waals surface area (Å²) >= 11 is 0. The van der Waals surface area contributed by atoms with Gasteiger partial charge in [-0.15, -0.1) is 0 Å². The highest BCUT2D eigenvalue weighted by Gasteiger charge is 2.15. The van der Waals surface area contributed by atoms with E-state index in [0.29, 0.717) is 17.8 Å². The summed E-state index contributed by atoms with van der Waals surface area (Å²) in [7, 11) is 0. The molecule has 0 fully saturated rings. The lowest BCUT2D eigenvalue weighted by Crippen LogP contribution is -2.25. The van der Waals surface area contributed by atoms with Crippen molar-refractivity contribution in [2.45, 2.75) is 34.2 Å². The molecule has 116 valence electrons. The van der Waals surface area contributed by atoms with Crippen LogP contribution in [0.3, 0.4) is 0 Å². The quantitative estimate of drug-likeness (QED) is 0.863. The summed E-state index contributed by atoms with van der Waals surface area (Å²) in [5, 5.41) is 7.22. The van der Waals surface area contributed by atoms with Gasteiger partial charge in [-0.25, -0.2) is 0 Å². The van der Waals surface area contributed by atoms with Gasteiger partial charge in [0, 0.05) is 16.9 Å². The SMILES string of the molecule is CC(=O)c1cccc(NC(=O)[C@H](C)Cn2nc(C)cc2C)c1. The van der Waals surface area contributed by atoms with E-state index in [1.165, 1.54) is 6.92 Å². The van der Waals surface area contributed by atoms with Crippen LogP contribution in [0.15, 0.2) is 30.3 Å². The second-order valence-electron chi connectivity index (χ2n) is 5.64. The number of nitrogens with one attached hydrogen (secondary N) is 1. The van der Waals surface area contributed by atoms with E-state index in [0.717, 1.165) is 11.4 Å². The van der Waals surface area contributed by atoms with Crippen LogP contribution in [0.25, 0.3) is 0 Å². The van der Waals surface area contributed by atoms with Crippen molar-refractivity contribution in [2.24, 2.45) is 5.92 Å². The van der Waals surface area contributed by atoms with Crippen molar-refractivity contribution in [3.05, 3.63) is 47.3 Å². The lowest BCUT2D eigenvalue weighted by molar-refractivity contribution is -0.119. The van der Waals surface area contributed by atoms with Gasteiger partial charge in [0.1, 0.15) is 0 Å². The van der Waals surface area contributed by atoms with Crippen LogP contribution < -0.4 is 5.32 Å². The molecule has 0 aliphatic heterocycles. The van der Waals surface area contributed by atoms with Gasteiger partial charge in [0.25, 0.3) is 0 Å². The van der Waals surface area contributed by atoms with E-state index in [-0.39, 0.29) is 17.6 Å². The number of carbonyl (C=O) groups excluding carboxylic acids is 2. The number of hydrogen-bond acceptors (Lipinski definition) is 3. The summed E-state index contributed by atoms with van der Waals surface area (Å²) in [5.41, 5.74) is 3.21. The summed E-state index contributed by atoms with van der Waals surface area (Å²) in [6.07, 6.45) is 0. The lowest BCUT2D eigenvalue weighted by atomic mass is 10.1. The highest BCUT2D eigenvalue weighted by molar-refractivity contribution is 5.97. The van der Waals surface area contributed by atoms with Crippen LogP contribution in [0, 0.1) is 19.8 Å². The maximum absolute atomic E-state index is 12.3. The fourth-order valence-electron chi connectivity index (χ4n) is 2.28. The maximum Gasteiger partial charge on any atom is 0.229 e. The zero-order valence-electron chi connectivity index (χ0n) is 13.4. The highest BCUT2D eigenvalue weighted by atomic mass is 16.2. The molecular formula is C17H21N3O2. The molecule has 0 aliphatic carbocycles. The molecule has 2 aromatic rings. The molecular weight excluding hydrogens is 278 g/mol. The lowest BCUT2D eigenvalue weighted by Gasteiger charge is -2.14. The van der Waals surface area contributed by atoms with Crippen LogP contribution in [0.1, 0.15) is 35.6 Å². The Bertz CT molecular complexity index is 704. The summed E-state index contributed by atoms with van der Waals surface area (Å²) in [4.78, 5) is 23.7. The molecule has 0 radical (unpaired) electrons. The van der Waals surface area contributed by atoms with Crippen molar-refractivity contribution in [3.8, 4) is 0 Å². The molecule has 1 amide bonds. The number of carbonyl (C=O) groups is 2. The number of anilines is 1. The van der Waals surface area contributed by atoms with E-state index in [2.05, 4.69) is 10.4 Å². The minimum absolute atomic E-state index is 0.0215. The summed E-state index contributed by atoms with van der Waals surface area (Å²) in [6, 6.07) is 8.95. The smallest absolute Gasteiger partial charge is 0.229 e. The van der Waals surface area contributed by atoms with Crippen LogP contribution in [-0.4, -0.2) is 21.5 Å². The first kappa shape index (κ1) is 15.9. The van der Waals surface area contributed by atoms with Gasteiger partial charge in [-0.3, -0.25) is 14.3 Å². The van der Waals surface area contributed by atoms with Crippen LogP contribution in [-0.2, 0) is 11.3 Å². The number of aromatic nitrogens is 2. The zero-order valence-corrected chi connectivity index (χ0v) is 13.4. The Morgan fingerprint density at radius 2 is 2.00 bits per heavy atom. The second kappa shape index (κ2) is 6.56. The number of rotatable bonds is 5. The summed E-state index contributed by atoms with van der Waals surface area (Å²) in [5.74, 6) is -0.334. The summed E-state index contributed by atoms with van der Waals surface area (Å²) < 4.78 is 1.84. The van der Waals surface area contributed by atoms with Crippen LogP contribution in [0.4, 0.5) is 5.69 Å². The molecule has 0 saturated carbocycles. The number of hydrogen-bond donors (Lipinski definition) is 1. The molecule has 1 aromatic carbocycles. The first-order valence-electron chi connectivity index (χ1n) is 7.29. The van der Waals surface area contributed by atoms with E-state index < -0.39 is 0 Å². The van der Waals surface area contributed by atoms with Gasteiger partial charge in [-0.05, 0) is 39.0 Å². The molecule has 22 heavy (non-hydrogen) atoms. The predicted molar refractivity (Wildman–Crippen MR) is 85.9 cm³/mol. The van der Waals surface area contributed by atoms with Gasteiger partial charge in [0.15, 0.2) is 5.78 Å². The van der Waals surface area contributed by atoms with Crippen molar-refractivity contribution in [1.29, 1.82) is 0 Å². The maximum atomic E-state index is 12.3.